The van der Waals surface area contributed by atoms with Crippen molar-refractivity contribution in [2.24, 2.45) is 23.2 Å². The largest absolute Gasteiger partial charge is 0.504 e. The Bertz CT molecular complexity index is 979. The van der Waals surface area contributed by atoms with Crippen LogP contribution < -0.4 is 4.74 Å². The van der Waals surface area contributed by atoms with E-state index in [1.54, 1.807) is 7.11 Å². The lowest BCUT2D eigenvalue weighted by molar-refractivity contribution is -0.249. The maximum atomic E-state index is 12.0. The van der Waals surface area contributed by atoms with Crippen LogP contribution in [0.3, 0.4) is 0 Å². The van der Waals surface area contributed by atoms with Crippen LogP contribution in [-0.4, -0.2) is 58.7 Å². The minimum atomic E-state index is -0.935. The molecule has 1 aromatic carbocycles. The first-order chi connectivity index (χ1) is 15.4. The SMILES string of the molecule is CO[C@]1(C)[C@H]2Oc3c(O)ccc4c3[C@@]23CCN(CC2CC2)[C@H](C4)C3C[C@@H]1[C@](C)(O)C(C)(C)C. The van der Waals surface area contributed by atoms with Gasteiger partial charge in [0.1, 0.15) is 11.7 Å². The van der Waals surface area contributed by atoms with Crippen LogP contribution in [0.2, 0.25) is 0 Å². The summed E-state index contributed by atoms with van der Waals surface area (Å²) in [7, 11) is 1.78. The number of likely N-dealkylation sites (tertiary alicyclic amines) is 1. The number of aliphatic hydroxyl groups is 1. The van der Waals surface area contributed by atoms with Crippen LogP contribution in [-0.2, 0) is 16.6 Å². The maximum Gasteiger partial charge on any atom is 0.165 e. The number of hydrogen-bond donors (Lipinski definition) is 2. The quantitative estimate of drug-likeness (QED) is 0.710. The second-order valence-corrected chi connectivity index (χ2v) is 13.1. The number of phenols is 1. The van der Waals surface area contributed by atoms with Gasteiger partial charge in [-0.05, 0) is 81.4 Å². The Hall–Kier alpha value is -1.30. The van der Waals surface area contributed by atoms with Crippen molar-refractivity contribution in [2.45, 2.75) is 95.5 Å². The molecular formula is C28H41NO4. The fraction of sp³-hybridized carbons (Fsp3) is 0.786. The molecular weight excluding hydrogens is 414 g/mol. The average Bonchev–Trinajstić information content (AvgIpc) is 3.49. The van der Waals surface area contributed by atoms with E-state index in [0.717, 1.165) is 31.7 Å². The summed E-state index contributed by atoms with van der Waals surface area (Å²) in [6.45, 7) is 12.8. The number of piperidine rings is 1. The topological polar surface area (TPSA) is 62.2 Å². The Balaban J connectivity index is 1.54. The van der Waals surface area contributed by atoms with E-state index >= 15 is 0 Å². The van der Waals surface area contributed by atoms with Gasteiger partial charge in [0.15, 0.2) is 11.5 Å². The second kappa shape index (κ2) is 6.67. The third-order valence-corrected chi connectivity index (χ3v) is 10.8. The van der Waals surface area contributed by atoms with E-state index in [-0.39, 0.29) is 28.6 Å². The van der Waals surface area contributed by atoms with Crippen molar-refractivity contribution in [3.05, 3.63) is 23.3 Å². The second-order valence-electron chi connectivity index (χ2n) is 13.1. The Kier molecular flexibility index (Phi) is 4.49. The summed E-state index contributed by atoms with van der Waals surface area (Å²) in [6.07, 6.45) is 5.45. The minimum absolute atomic E-state index is 0.0838. The molecule has 1 spiro atoms. The van der Waals surface area contributed by atoms with Gasteiger partial charge < -0.3 is 19.7 Å². The van der Waals surface area contributed by atoms with Gasteiger partial charge in [-0.1, -0.05) is 26.8 Å². The highest BCUT2D eigenvalue weighted by Gasteiger charge is 2.73. The molecule has 5 nitrogen and oxygen atoms in total. The summed E-state index contributed by atoms with van der Waals surface area (Å²) in [4.78, 5) is 2.76. The number of hydrogen-bond acceptors (Lipinski definition) is 5. The monoisotopic (exact) mass is 455 g/mol. The van der Waals surface area contributed by atoms with Gasteiger partial charge in [0.2, 0.25) is 0 Å². The molecule has 2 N–H and O–H groups in total. The van der Waals surface area contributed by atoms with Crippen molar-refractivity contribution in [1.82, 2.24) is 4.90 Å². The smallest absolute Gasteiger partial charge is 0.165 e. The molecule has 1 aromatic rings. The lowest BCUT2D eigenvalue weighted by Gasteiger charge is -2.66. The zero-order valence-electron chi connectivity index (χ0n) is 21.1. The number of benzene rings is 1. The summed E-state index contributed by atoms with van der Waals surface area (Å²) >= 11 is 0. The van der Waals surface area contributed by atoms with Gasteiger partial charge >= 0.3 is 0 Å². The molecule has 5 aliphatic rings. The van der Waals surface area contributed by atoms with Crippen LogP contribution in [0.25, 0.3) is 0 Å². The summed E-state index contributed by atoms with van der Waals surface area (Å²) in [5, 5.41) is 22.9. The zero-order chi connectivity index (χ0) is 23.6. The van der Waals surface area contributed by atoms with Gasteiger partial charge in [-0.25, -0.2) is 0 Å². The van der Waals surface area contributed by atoms with Crippen LogP contribution >= 0.6 is 0 Å². The molecule has 0 radical (unpaired) electrons. The number of methoxy groups -OCH3 is 1. The lowest BCUT2D eigenvalue weighted by Crippen LogP contribution is -2.75. The minimum Gasteiger partial charge on any atom is -0.504 e. The highest BCUT2D eigenvalue weighted by molar-refractivity contribution is 5.61. The molecule has 2 bridgehead atoms. The number of aromatic hydroxyl groups is 1. The standard InChI is InChI=1S/C28H41NO4/c1-25(2,3)27(5,31)21-14-18-19-13-17-9-10-20(30)23-22(17)28(18,24(33-23)26(21,4)32-6)11-12-29(19)15-16-7-8-16/h9-10,16,18-19,21,24,30-31H,7-8,11-15H2,1-6H3/t18?,19-,21+,24-,26+,27+,28+/m1/s1. The summed E-state index contributed by atoms with van der Waals surface area (Å²) < 4.78 is 13.2. The van der Waals surface area contributed by atoms with E-state index in [0.29, 0.717) is 17.7 Å². The first-order valence-electron chi connectivity index (χ1n) is 13.0. The van der Waals surface area contributed by atoms with Crippen LogP contribution in [0.4, 0.5) is 0 Å². The van der Waals surface area contributed by atoms with Crippen molar-refractivity contribution in [2.75, 3.05) is 20.2 Å². The fourth-order valence-electron chi connectivity index (χ4n) is 8.26. The Morgan fingerprint density at radius 2 is 1.94 bits per heavy atom. The molecule has 6 rings (SSSR count). The first-order valence-corrected chi connectivity index (χ1v) is 13.0. The first kappa shape index (κ1) is 22.2. The van der Waals surface area contributed by atoms with Gasteiger partial charge in [0.05, 0.1) is 5.60 Å². The Morgan fingerprint density at radius 1 is 1.21 bits per heavy atom. The van der Waals surface area contributed by atoms with Crippen LogP contribution in [0, 0.1) is 23.2 Å². The van der Waals surface area contributed by atoms with Crippen LogP contribution in [0.1, 0.15) is 71.4 Å². The van der Waals surface area contributed by atoms with E-state index < -0.39 is 11.2 Å². The molecule has 2 heterocycles. The molecule has 3 aliphatic carbocycles. The molecule has 1 unspecified atom stereocenters. The predicted octanol–water partition coefficient (Wildman–Crippen LogP) is 4.27. The molecule has 0 amide bonds. The third-order valence-electron chi connectivity index (χ3n) is 10.8. The molecule has 2 saturated carbocycles. The number of nitrogens with zero attached hydrogens (tertiary/aromatic N) is 1. The fourth-order valence-corrected chi connectivity index (χ4v) is 8.26. The van der Waals surface area contributed by atoms with Gasteiger partial charge in [0, 0.05) is 36.6 Å². The summed E-state index contributed by atoms with van der Waals surface area (Å²) in [6, 6.07) is 4.40. The highest BCUT2D eigenvalue weighted by atomic mass is 16.6. The van der Waals surface area contributed by atoms with E-state index in [1.807, 2.05) is 13.0 Å². The number of rotatable bonds is 4. The van der Waals surface area contributed by atoms with Gasteiger partial charge in [-0.2, -0.15) is 0 Å². The molecule has 182 valence electrons. The number of phenolic OH excluding ortho intramolecular Hbond substituents is 1. The molecule has 33 heavy (non-hydrogen) atoms. The Morgan fingerprint density at radius 3 is 2.58 bits per heavy atom. The van der Waals surface area contributed by atoms with Crippen LogP contribution in [0.5, 0.6) is 11.5 Å². The molecule has 0 aromatic heterocycles. The van der Waals surface area contributed by atoms with E-state index in [2.05, 4.69) is 38.7 Å². The average molecular weight is 456 g/mol. The van der Waals surface area contributed by atoms with Crippen LogP contribution in [0.15, 0.2) is 12.1 Å². The van der Waals surface area contributed by atoms with Gasteiger partial charge in [0.25, 0.3) is 0 Å². The maximum absolute atomic E-state index is 12.0. The Labute approximate surface area is 198 Å². The zero-order valence-corrected chi connectivity index (χ0v) is 21.1. The predicted molar refractivity (Wildman–Crippen MR) is 128 cm³/mol. The molecule has 3 fully saturated rings. The summed E-state index contributed by atoms with van der Waals surface area (Å²) in [5.74, 6) is 2.07. The van der Waals surface area contributed by atoms with Crippen molar-refractivity contribution in [1.29, 1.82) is 0 Å². The lowest BCUT2D eigenvalue weighted by atomic mass is 9.44. The molecule has 5 heteroatoms. The van der Waals surface area contributed by atoms with E-state index in [1.165, 1.54) is 30.5 Å². The van der Waals surface area contributed by atoms with Gasteiger partial charge in [-0.3, -0.25) is 4.90 Å². The van der Waals surface area contributed by atoms with E-state index in [9.17, 15) is 10.2 Å². The normalized spacial score (nSPS) is 41.3. The van der Waals surface area contributed by atoms with Crippen molar-refractivity contribution >= 4 is 0 Å². The summed E-state index contributed by atoms with van der Waals surface area (Å²) in [5.41, 5.74) is 0.509. The highest BCUT2D eigenvalue weighted by Crippen LogP contribution is 2.68. The number of ether oxygens (including phenoxy) is 2. The molecule has 1 saturated heterocycles. The van der Waals surface area contributed by atoms with Crippen molar-refractivity contribution in [3.63, 3.8) is 0 Å². The third kappa shape index (κ3) is 2.70. The van der Waals surface area contributed by atoms with Gasteiger partial charge in [-0.15, -0.1) is 0 Å². The van der Waals surface area contributed by atoms with E-state index in [4.69, 9.17) is 9.47 Å². The van der Waals surface area contributed by atoms with Crippen molar-refractivity contribution in [3.8, 4) is 11.5 Å². The molecule has 7 atom stereocenters. The molecule has 2 aliphatic heterocycles. The van der Waals surface area contributed by atoms with Crippen molar-refractivity contribution < 1.29 is 19.7 Å².